The summed E-state index contributed by atoms with van der Waals surface area (Å²) in [6.07, 6.45) is 0. The third-order valence-electron chi connectivity index (χ3n) is 5.25. The van der Waals surface area contributed by atoms with Crippen molar-refractivity contribution < 1.29 is 9.53 Å². The number of halogens is 1. The van der Waals surface area contributed by atoms with Gasteiger partial charge < -0.3 is 15.4 Å². The molecule has 1 atom stereocenters. The highest BCUT2D eigenvalue weighted by molar-refractivity contribution is 9.10. The maximum atomic E-state index is 13.3. The highest BCUT2D eigenvalue weighted by atomic mass is 79.9. The van der Waals surface area contributed by atoms with Gasteiger partial charge in [-0.1, -0.05) is 52.3 Å². The third-order valence-corrected chi connectivity index (χ3v) is 5.71. The fourth-order valence-corrected chi connectivity index (χ4v) is 4.33. The number of carbonyl (C=O) groups is 1. The number of ether oxygens (including phenoxy) is 1. The number of nitrogens with two attached hydrogens (primary N) is 1. The summed E-state index contributed by atoms with van der Waals surface area (Å²) in [6.45, 7) is 2.56. The molecule has 0 saturated heterocycles. The fraction of sp³-hybridized carbons (Fsp3) is 0.174. The van der Waals surface area contributed by atoms with Crippen molar-refractivity contribution in [2.75, 3.05) is 12.8 Å². The molecule has 4 nitrogen and oxygen atoms in total. The lowest BCUT2D eigenvalue weighted by Gasteiger charge is -2.27. The largest absolute Gasteiger partial charge is 0.497 e. The van der Waals surface area contributed by atoms with E-state index in [4.69, 9.17) is 10.5 Å². The first-order valence-corrected chi connectivity index (χ1v) is 9.87. The van der Waals surface area contributed by atoms with Gasteiger partial charge in [0.25, 0.3) is 5.91 Å². The van der Waals surface area contributed by atoms with Crippen molar-refractivity contribution in [3.8, 4) is 5.75 Å². The lowest BCUT2D eigenvalue weighted by molar-refractivity contribution is 0.0735. The highest BCUT2D eigenvalue weighted by Crippen LogP contribution is 2.44. The van der Waals surface area contributed by atoms with Crippen LogP contribution in [0.1, 0.15) is 38.7 Å². The van der Waals surface area contributed by atoms with Crippen LogP contribution in [-0.4, -0.2) is 17.9 Å². The van der Waals surface area contributed by atoms with Gasteiger partial charge in [0.05, 0.1) is 13.2 Å². The Hall–Kier alpha value is -2.79. The van der Waals surface area contributed by atoms with Gasteiger partial charge in [-0.2, -0.15) is 0 Å². The Bertz CT molecular complexity index is 1050. The summed E-state index contributed by atoms with van der Waals surface area (Å²) in [6, 6.07) is 19.5. The predicted molar refractivity (Wildman–Crippen MR) is 114 cm³/mol. The fourth-order valence-electron chi connectivity index (χ4n) is 3.86. The summed E-state index contributed by atoms with van der Waals surface area (Å²) in [5, 5.41) is 0. The van der Waals surface area contributed by atoms with E-state index in [2.05, 4.69) is 35.0 Å². The minimum absolute atomic E-state index is 0.00734. The Morgan fingerprint density at radius 3 is 2.50 bits per heavy atom. The first-order chi connectivity index (χ1) is 13.5. The van der Waals surface area contributed by atoms with Crippen molar-refractivity contribution in [2.24, 2.45) is 0 Å². The first-order valence-electron chi connectivity index (χ1n) is 9.08. The molecule has 1 unspecified atom stereocenters. The van der Waals surface area contributed by atoms with Crippen molar-refractivity contribution in [2.45, 2.75) is 19.5 Å². The quantitative estimate of drug-likeness (QED) is 0.579. The average molecular weight is 437 g/mol. The monoisotopic (exact) mass is 436 g/mol. The molecule has 0 aromatic heterocycles. The molecule has 1 heterocycles. The van der Waals surface area contributed by atoms with Gasteiger partial charge in [-0.25, -0.2) is 0 Å². The number of methoxy groups -OCH3 is 1. The van der Waals surface area contributed by atoms with Crippen LogP contribution in [0.4, 0.5) is 5.69 Å². The summed E-state index contributed by atoms with van der Waals surface area (Å²) in [5.41, 5.74) is 11.8. The summed E-state index contributed by atoms with van der Waals surface area (Å²) in [7, 11) is 1.64. The highest BCUT2D eigenvalue weighted by Gasteiger charge is 2.40. The zero-order valence-corrected chi connectivity index (χ0v) is 17.4. The second kappa shape index (κ2) is 7.32. The van der Waals surface area contributed by atoms with E-state index in [1.807, 2.05) is 53.4 Å². The molecule has 0 fully saturated rings. The normalized spacial score (nSPS) is 15.6. The maximum absolute atomic E-state index is 13.3. The zero-order chi connectivity index (χ0) is 19.8. The lowest BCUT2D eigenvalue weighted by atomic mass is 9.93. The van der Waals surface area contributed by atoms with E-state index in [0.29, 0.717) is 17.8 Å². The number of benzene rings is 3. The third kappa shape index (κ3) is 3.16. The standard InChI is InChI=1S/C23H21BrN2O2/c1-14-5-3-4-6-18(14)22-21-19(11-16(24)12-20(21)25)23(27)26(22)13-15-7-9-17(28-2)10-8-15/h3-12,22H,13,25H2,1-2H3. The second-order valence-electron chi connectivity index (χ2n) is 7.00. The van der Waals surface area contributed by atoms with Crippen LogP contribution >= 0.6 is 15.9 Å². The lowest BCUT2D eigenvalue weighted by Crippen LogP contribution is -2.28. The molecule has 0 radical (unpaired) electrons. The molecule has 142 valence electrons. The van der Waals surface area contributed by atoms with Crippen LogP contribution < -0.4 is 10.5 Å². The van der Waals surface area contributed by atoms with Gasteiger partial charge in [0.1, 0.15) is 5.75 Å². The molecule has 3 aromatic carbocycles. The van der Waals surface area contributed by atoms with E-state index >= 15 is 0 Å². The van der Waals surface area contributed by atoms with E-state index in [9.17, 15) is 4.79 Å². The van der Waals surface area contributed by atoms with E-state index in [1.54, 1.807) is 7.11 Å². The molecule has 0 spiro atoms. The first kappa shape index (κ1) is 18.6. The van der Waals surface area contributed by atoms with Gasteiger partial charge in [-0.3, -0.25) is 4.79 Å². The number of nitrogen functional groups attached to an aromatic ring is 1. The number of anilines is 1. The Morgan fingerprint density at radius 2 is 1.82 bits per heavy atom. The molecule has 0 bridgehead atoms. The molecule has 28 heavy (non-hydrogen) atoms. The predicted octanol–water partition coefficient (Wildman–Crippen LogP) is 5.09. The van der Waals surface area contributed by atoms with Gasteiger partial charge in [0, 0.05) is 27.8 Å². The number of carbonyl (C=O) groups excluding carboxylic acids is 1. The van der Waals surface area contributed by atoms with Gasteiger partial charge in [0.15, 0.2) is 0 Å². The van der Waals surface area contributed by atoms with Gasteiger partial charge in [-0.05, 0) is 47.9 Å². The average Bonchev–Trinajstić information content (AvgIpc) is 2.95. The second-order valence-corrected chi connectivity index (χ2v) is 7.91. The number of fused-ring (bicyclic) bond motifs is 1. The molecule has 1 amide bonds. The summed E-state index contributed by atoms with van der Waals surface area (Å²) in [5.74, 6) is 0.787. The summed E-state index contributed by atoms with van der Waals surface area (Å²) < 4.78 is 6.06. The van der Waals surface area contributed by atoms with E-state index < -0.39 is 0 Å². The van der Waals surface area contributed by atoms with E-state index in [0.717, 1.165) is 32.5 Å². The number of hydrogen-bond donors (Lipinski definition) is 1. The van der Waals surface area contributed by atoms with E-state index in [1.165, 1.54) is 0 Å². The van der Waals surface area contributed by atoms with Gasteiger partial charge >= 0.3 is 0 Å². The molecule has 0 aliphatic carbocycles. The number of rotatable bonds is 4. The van der Waals surface area contributed by atoms with Crippen LogP contribution in [-0.2, 0) is 6.54 Å². The molecule has 4 rings (SSSR count). The molecule has 1 aliphatic heterocycles. The van der Waals surface area contributed by atoms with Crippen LogP contribution in [0.2, 0.25) is 0 Å². The maximum Gasteiger partial charge on any atom is 0.255 e. The molecule has 1 aliphatic rings. The van der Waals surface area contributed by atoms with Crippen LogP contribution in [0.5, 0.6) is 5.75 Å². The van der Waals surface area contributed by atoms with Crippen LogP contribution in [0, 0.1) is 6.92 Å². The van der Waals surface area contributed by atoms with E-state index in [-0.39, 0.29) is 11.9 Å². The summed E-state index contributed by atoms with van der Waals surface area (Å²) >= 11 is 3.47. The number of aryl methyl sites for hydroxylation is 1. The summed E-state index contributed by atoms with van der Waals surface area (Å²) in [4.78, 5) is 15.2. The molecule has 5 heteroatoms. The number of hydrogen-bond acceptors (Lipinski definition) is 3. The SMILES string of the molecule is COc1ccc(CN2C(=O)c3cc(Br)cc(N)c3C2c2ccccc2C)cc1. The molecule has 3 aromatic rings. The van der Waals surface area contributed by atoms with Gasteiger partial charge in [0.2, 0.25) is 0 Å². The molecular formula is C23H21BrN2O2. The minimum Gasteiger partial charge on any atom is -0.497 e. The molecule has 0 saturated carbocycles. The van der Waals surface area contributed by atoms with Crippen LogP contribution in [0.15, 0.2) is 65.1 Å². The minimum atomic E-state index is -0.209. The van der Waals surface area contributed by atoms with Crippen LogP contribution in [0.25, 0.3) is 0 Å². The Labute approximate surface area is 173 Å². The van der Waals surface area contributed by atoms with Crippen molar-refractivity contribution in [3.63, 3.8) is 0 Å². The van der Waals surface area contributed by atoms with Crippen molar-refractivity contribution in [1.29, 1.82) is 0 Å². The van der Waals surface area contributed by atoms with Crippen LogP contribution in [0.3, 0.4) is 0 Å². The van der Waals surface area contributed by atoms with Crippen molar-refractivity contribution in [1.82, 2.24) is 4.90 Å². The van der Waals surface area contributed by atoms with Gasteiger partial charge in [-0.15, -0.1) is 0 Å². The molecule has 2 N–H and O–H groups in total. The molecular weight excluding hydrogens is 416 g/mol. The number of nitrogens with zero attached hydrogens (tertiary/aromatic N) is 1. The Morgan fingerprint density at radius 1 is 1.11 bits per heavy atom. The Balaban J connectivity index is 1.82. The topological polar surface area (TPSA) is 55.6 Å². The Kier molecular flexibility index (Phi) is 4.85. The van der Waals surface area contributed by atoms with Crippen molar-refractivity contribution >= 4 is 27.5 Å². The zero-order valence-electron chi connectivity index (χ0n) is 15.8. The number of amides is 1. The van der Waals surface area contributed by atoms with Crippen molar-refractivity contribution in [3.05, 3.63) is 93.0 Å². The smallest absolute Gasteiger partial charge is 0.255 e.